The number of pyridine rings is 1. The van der Waals surface area contributed by atoms with Crippen LogP contribution in [0.4, 0.5) is 4.79 Å². The zero-order valence-electron chi connectivity index (χ0n) is 40.1. The average Bonchev–Trinajstić information content (AvgIpc) is 3.79. The molecule has 2 N–H and O–H groups in total. The summed E-state index contributed by atoms with van der Waals surface area (Å²) in [7, 11) is 3.72. The normalized spacial score (nSPS) is 35.0. The van der Waals surface area contributed by atoms with E-state index in [-0.39, 0.29) is 50.5 Å². The fraction of sp³-hybridized carbons (Fsp3) is 0.674. The van der Waals surface area contributed by atoms with E-state index in [4.69, 9.17) is 43.7 Å². The number of likely N-dealkylation sites (N-methyl/N-ethyl adjacent to an activating group) is 1. The number of aromatic nitrogens is 3. The van der Waals surface area contributed by atoms with Crippen molar-refractivity contribution in [3.05, 3.63) is 42.5 Å². The molecule has 2 aromatic heterocycles. The number of fused-ring (bicyclic) bond motifs is 5. The molecule has 20 heteroatoms. The standard InChI is InChI=1S/C46H67N7O13/c1-13-36-46(10,66-44(47)58)41-27(4)37(50-30(7)54)25(2)20-45(9,60-23-33(22-59-41)51-61-24-32-15-16-34(21-48-32)53-18-14-17-49-53)40(28(5)38(56)29(6)42(57)64-36)65-43-39(63-31(8)55)35(52(11)12)19-26(3)62-43/h14-18,21,25-29,35-36,39-41,43H,13,19-20,22-24H2,1-12H3,(H2,47,58)/b50-37?,51-33+/t25-,26-,27+,28+,29?,35+,36-,39-,40-,41+,43+,45-,46-/m1/s1. The number of rotatable bonds is 10. The highest BCUT2D eigenvalue weighted by molar-refractivity contribution is 6.00. The van der Waals surface area contributed by atoms with Crippen LogP contribution in [0, 0.1) is 23.7 Å². The van der Waals surface area contributed by atoms with Gasteiger partial charge in [0.1, 0.15) is 23.8 Å². The Morgan fingerprint density at radius 2 is 1.77 bits per heavy atom. The number of nitrogens with two attached hydrogens (primary N) is 1. The van der Waals surface area contributed by atoms with Crippen molar-refractivity contribution < 1.29 is 62.0 Å². The second-order valence-corrected chi connectivity index (χ2v) is 18.2. The third-order valence-corrected chi connectivity index (χ3v) is 12.7. The predicted molar refractivity (Wildman–Crippen MR) is 238 cm³/mol. The maximum atomic E-state index is 14.8. The monoisotopic (exact) mass is 925 g/mol. The van der Waals surface area contributed by atoms with Gasteiger partial charge < -0.3 is 48.6 Å². The number of esters is 2. The van der Waals surface area contributed by atoms with Gasteiger partial charge in [-0.2, -0.15) is 5.10 Å². The molecule has 0 saturated carbocycles. The molecule has 66 heavy (non-hydrogen) atoms. The molecule has 5 rings (SSSR count). The molecule has 2 aromatic rings. The second-order valence-electron chi connectivity index (χ2n) is 18.2. The minimum absolute atomic E-state index is 0.0557. The Balaban J connectivity index is 1.70. The number of Topliss-reactive ketones (excluding diaryl/α,β-unsaturated/α-hetero) is 1. The molecule has 3 saturated heterocycles. The molecule has 3 fully saturated rings. The summed E-state index contributed by atoms with van der Waals surface area (Å²) >= 11 is 0. The minimum Gasteiger partial charge on any atom is -0.457 e. The van der Waals surface area contributed by atoms with E-state index in [1.54, 1.807) is 63.1 Å². The molecule has 0 aromatic carbocycles. The Bertz CT molecular complexity index is 2080. The van der Waals surface area contributed by atoms with Crippen LogP contribution < -0.4 is 5.73 Å². The van der Waals surface area contributed by atoms with Gasteiger partial charge in [-0.15, -0.1) is 0 Å². The zero-order chi connectivity index (χ0) is 48.7. The molecule has 5 heterocycles. The van der Waals surface area contributed by atoms with Crippen LogP contribution >= 0.6 is 0 Å². The Morgan fingerprint density at radius 1 is 1.05 bits per heavy atom. The number of carbonyl (C=O) groups excluding carboxylic acids is 5. The van der Waals surface area contributed by atoms with Gasteiger partial charge in [0.05, 0.1) is 54.6 Å². The molecule has 2 amide bonds. The molecule has 3 aliphatic rings. The number of ether oxygens (including phenoxy) is 7. The number of nitrogens with zero attached hydrogens (tertiary/aromatic N) is 6. The molecule has 2 bridgehead atoms. The first-order valence-electron chi connectivity index (χ1n) is 22.4. The van der Waals surface area contributed by atoms with E-state index in [0.717, 1.165) is 5.69 Å². The first kappa shape index (κ1) is 51.8. The summed E-state index contributed by atoms with van der Waals surface area (Å²) in [6, 6.07) is 5.06. The van der Waals surface area contributed by atoms with E-state index in [9.17, 15) is 24.0 Å². The quantitative estimate of drug-likeness (QED) is 0.150. The number of ketones is 1. The number of aliphatic imine (C=N–C) groups is 1. The number of oxime groups is 1. The Kier molecular flexibility index (Phi) is 17.4. The highest BCUT2D eigenvalue weighted by Crippen LogP contribution is 2.41. The van der Waals surface area contributed by atoms with Crippen LogP contribution in [-0.4, -0.2) is 142 Å². The lowest BCUT2D eigenvalue weighted by atomic mass is 9.73. The largest absolute Gasteiger partial charge is 0.457 e. The summed E-state index contributed by atoms with van der Waals surface area (Å²) in [4.78, 5) is 84.4. The van der Waals surface area contributed by atoms with Gasteiger partial charge >= 0.3 is 18.0 Å². The van der Waals surface area contributed by atoms with Crippen molar-refractivity contribution in [2.24, 2.45) is 39.6 Å². The predicted octanol–water partition coefficient (Wildman–Crippen LogP) is 4.38. The Morgan fingerprint density at radius 3 is 2.36 bits per heavy atom. The lowest BCUT2D eigenvalue weighted by Crippen LogP contribution is -2.61. The SMILES string of the molecule is CC[C@H]1OC(=O)C(C)C(=O)[C@H](C)[C@@H](O[C@@H]2O[C@H](C)C[C@H](N(C)C)[C@H]2OC(C)=O)[C@@]2(C)C[C@@H](C)C(=NC(C)=O)[C@H](C)[C@H](OC/C(=N\OCc3ccc(-n4cccn4)cn3)CO2)[C@]1(C)OC(N)=O. The van der Waals surface area contributed by atoms with Crippen molar-refractivity contribution >= 4 is 41.1 Å². The average molecular weight is 926 g/mol. The van der Waals surface area contributed by atoms with Gasteiger partial charge in [0.2, 0.25) is 5.91 Å². The van der Waals surface area contributed by atoms with Crippen LogP contribution in [0.25, 0.3) is 5.69 Å². The molecule has 0 spiro atoms. The van der Waals surface area contributed by atoms with Gasteiger partial charge in [0.15, 0.2) is 30.4 Å². The third-order valence-electron chi connectivity index (χ3n) is 12.7. The third kappa shape index (κ3) is 12.2. The number of amides is 2. The van der Waals surface area contributed by atoms with Crippen LogP contribution in [0.3, 0.4) is 0 Å². The van der Waals surface area contributed by atoms with E-state index in [1.807, 2.05) is 38.9 Å². The van der Waals surface area contributed by atoms with E-state index >= 15 is 0 Å². The molecule has 13 atom stereocenters. The molecule has 3 aliphatic heterocycles. The summed E-state index contributed by atoms with van der Waals surface area (Å²) in [6.45, 7) is 15.5. The fourth-order valence-corrected chi connectivity index (χ4v) is 9.47. The van der Waals surface area contributed by atoms with Crippen molar-refractivity contribution in [3.63, 3.8) is 0 Å². The van der Waals surface area contributed by atoms with E-state index in [1.165, 1.54) is 27.7 Å². The first-order valence-corrected chi connectivity index (χ1v) is 22.4. The van der Waals surface area contributed by atoms with Crippen molar-refractivity contribution in [2.45, 2.75) is 149 Å². The minimum atomic E-state index is -1.83. The summed E-state index contributed by atoms with van der Waals surface area (Å²) < 4.78 is 46.7. The highest BCUT2D eigenvalue weighted by Gasteiger charge is 2.55. The number of primary amides is 1. The van der Waals surface area contributed by atoms with Gasteiger partial charge in [-0.1, -0.05) is 32.9 Å². The van der Waals surface area contributed by atoms with Crippen molar-refractivity contribution in [1.82, 2.24) is 19.7 Å². The smallest absolute Gasteiger partial charge is 0.405 e. The maximum Gasteiger partial charge on any atom is 0.405 e. The van der Waals surface area contributed by atoms with Crippen molar-refractivity contribution in [1.29, 1.82) is 0 Å². The van der Waals surface area contributed by atoms with E-state index < -0.39 is 95.3 Å². The Labute approximate surface area is 386 Å². The molecule has 364 valence electrons. The molecule has 0 aliphatic carbocycles. The van der Waals surface area contributed by atoms with E-state index in [2.05, 4.69) is 20.2 Å². The summed E-state index contributed by atoms with van der Waals surface area (Å²) in [5, 5.41) is 8.72. The molecular weight excluding hydrogens is 859 g/mol. The van der Waals surface area contributed by atoms with Gasteiger partial charge in [0, 0.05) is 43.8 Å². The zero-order valence-corrected chi connectivity index (χ0v) is 40.1. The molecule has 20 nitrogen and oxygen atoms in total. The molecular formula is C46H67N7O13. The lowest BCUT2D eigenvalue weighted by molar-refractivity contribution is -0.298. The molecule has 0 radical (unpaired) electrons. The van der Waals surface area contributed by atoms with Gasteiger partial charge in [-0.3, -0.25) is 24.2 Å². The highest BCUT2D eigenvalue weighted by atomic mass is 16.7. The first-order chi connectivity index (χ1) is 31.1. The van der Waals surface area contributed by atoms with Crippen LogP contribution in [0.2, 0.25) is 0 Å². The van der Waals surface area contributed by atoms with Crippen molar-refractivity contribution in [2.75, 3.05) is 27.3 Å². The van der Waals surface area contributed by atoms with Gasteiger partial charge in [0.25, 0.3) is 0 Å². The number of cyclic esters (lactones) is 1. The van der Waals surface area contributed by atoms with Crippen LogP contribution in [0.5, 0.6) is 0 Å². The van der Waals surface area contributed by atoms with Crippen molar-refractivity contribution in [3.8, 4) is 5.69 Å². The van der Waals surface area contributed by atoms with Gasteiger partial charge in [-0.25, -0.2) is 14.5 Å². The lowest BCUT2D eigenvalue weighted by Gasteiger charge is -2.48. The summed E-state index contributed by atoms with van der Waals surface area (Å²) in [5.41, 5.74) is 4.25. The van der Waals surface area contributed by atoms with E-state index in [0.29, 0.717) is 17.8 Å². The number of hydrogen-bond acceptors (Lipinski definition) is 17. The van der Waals surface area contributed by atoms with Crippen LogP contribution in [0.1, 0.15) is 94.2 Å². The van der Waals surface area contributed by atoms with Crippen LogP contribution in [0.15, 0.2) is 46.9 Å². The number of hydrogen-bond donors (Lipinski definition) is 1. The Hall–Kier alpha value is -5.15. The summed E-state index contributed by atoms with van der Waals surface area (Å²) in [5.74, 6) is -6.49. The fourth-order valence-electron chi connectivity index (χ4n) is 9.47. The maximum absolute atomic E-state index is 14.8. The second kappa shape index (κ2) is 22.1. The molecule has 1 unspecified atom stereocenters. The summed E-state index contributed by atoms with van der Waals surface area (Å²) in [6.07, 6.45) is -1.63. The number of carbonyl (C=O) groups is 5. The van der Waals surface area contributed by atoms with Crippen LogP contribution in [-0.2, 0) is 63.8 Å². The van der Waals surface area contributed by atoms with Gasteiger partial charge in [-0.05, 0) is 85.2 Å². The topological polar surface area (TPSA) is 244 Å².